The lowest BCUT2D eigenvalue weighted by molar-refractivity contribution is 0.114. The lowest BCUT2D eigenvalue weighted by Gasteiger charge is -2.29. The van der Waals surface area contributed by atoms with Crippen molar-refractivity contribution in [2.75, 3.05) is 39.7 Å². The second kappa shape index (κ2) is 14.2. The molecule has 0 unspecified atom stereocenters. The fourth-order valence-electron chi connectivity index (χ4n) is 4.63. The van der Waals surface area contributed by atoms with Crippen LogP contribution >= 0.6 is 0 Å². The van der Waals surface area contributed by atoms with Crippen LogP contribution in [0.4, 0.5) is 10.5 Å². The van der Waals surface area contributed by atoms with Crippen LogP contribution in [0.5, 0.6) is 11.5 Å². The van der Waals surface area contributed by atoms with Crippen molar-refractivity contribution in [1.29, 1.82) is 0 Å². The number of allylic oxidation sites excluding steroid dienone is 3. The van der Waals surface area contributed by atoms with Crippen LogP contribution in [-0.2, 0) is 4.74 Å². The molecule has 7 nitrogen and oxygen atoms in total. The molecule has 1 aliphatic heterocycles. The highest BCUT2D eigenvalue weighted by Gasteiger charge is 2.18. The summed E-state index contributed by atoms with van der Waals surface area (Å²) in [5, 5.41) is 5.80. The van der Waals surface area contributed by atoms with E-state index in [0.29, 0.717) is 22.9 Å². The standard InChI is InChI=1S/C34H39N3O4/c1-6-28(23-33(24(2)39-4)27-8-7-9-32(22-27)40-5)35-34(38)36-29-14-10-25(11-15-29)26-12-16-30(17-13-26)41-31-18-20-37(3)21-19-31/h6-17,22-23,31H,2,18-21H2,1,3-5H3,(H2,35,36,38)/b28-6+,33-23+. The summed E-state index contributed by atoms with van der Waals surface area (Å²) >= 11 is 0. The number of piperidine rings is 1. The molecule has 1 aliphatic rings. The Kier molecular flexibility index (Phi) is 10.2. The average molecular weight is 554 g/mol. The van der Waals surface area contributed by atoms with Gasteiger partial charge in [0.25, 0.3) is 0 Å². The zero-order valence-electron chi connectivity index (χ0n) is 24.3. The third kappa shape index (κ3) is 8.25. The first-order valence-electron chi connectivity index (χ1n) is 13.8. The summed E-state index contributed by atoms with van der Waals surface area (Å²) in [6.07, 6.45) is 6.02. The molecule has 0 atom stereocenters. The molecule has 2 amide bonds. The number of ether oxygens (including phenoxy) is 3. The molecule has 4 rings (SSSR count). The van der Waals surface area contributed by atoms with E-state index in [1.165, 1.54) is 0 Å². The third-order valence-electron chi connectivity index (χ3n) is 7.10. The Labute approximate surface area is 243 Å². The molecule has 0 aromatic heterocycles. The lowest BCUT2D eigenvalue weighted by Crippen LogP contribution is -2.35. The van der Waals surface area contributed by atoms with Crippen molar-refractivity contribution in [3.63, 3.8) is 0 Å². The molecule has 0 radical (unpaired) electrons. The van der Waals surface area contributed by atoms with Gasteiger partial charge in [-0.1, -0.05) is 49.1 Å². The van der Waals surface area contributed by atoms with Gasteiger partial charge in [0.2, 0.25) is 0 Å². The van der Waals surface area contributed by atoms with E-state index in [0.717, 1.165) is 53.9 Å². The summed E-state index contributed by atoms with van der Waals surface area (Å²) in [7, 11) is 5.33. The van der Waals surface area contributed by atoms with Crippen molar-refractivity contribution < 1.29 is 19.0 Å². The number of carbonyl (C=O) groups excluding carboxylic acids is 1. The summed E-state index contributed by atoms with van der Waals surface area (Å²) in [5.41, 5.74) is 5.00. The number of amides is 2. The number of hydrogen-bond acceptors (Lipinski definition) is 5. The number of benzene rings is 3. The number of likely N-dealkylation sites (tertiary alicyclic amines) is 1. The second-order valence-corrected chi connectivity index (χ2v) is 9.96. The van der Waals surface area contributed by atoms with Crippen LogP contribution in [0.25, 0.3) is 16.7 Å². The van der Waals surface area contributed by atoms with E-state index in [4.69, 9.17) is 14.2 Å². The Morgan fingerprint density at radius 3 is 2.22 bits per heavy atom. The van der Waals surface area contributed by atoms with Crippen LogP contribution in [0.2, 0.25) is 0 Å². The van der Waals surface area contributed by atoms with E-state index in [9.17, 15) is 4.79 Å². The molecule has 2 N–H and O–H groups in total. The number of methoxy groups -OCH3 is 2. The van der Waals surface area contributed by atoms with Crippen LogP contribution in [0.15, 0.2) is 103 Å². The average Bonchev–Trinajstić information content (AvgIpc) is 3.00. The van der Waals surface area contributed by atoms with E-state index in [-0.39, 0.29) is 12.1 Å². The molecule has 1 heterocycles. The number of anilines is 1. The normalized spacial score (nSPS) is 14.7. The molecule has 3 aromatic rings. The minimum Gasteiger partial charge on any atom is -0.497 e. The lowest BCUT2D eigenvalue weighted by atomic mass is 10.0. The number of rotatable bonds is 10. The number of urea groups is 1. The molecule has 3 aromatic carbocycles. The molecule has 0 bridgehead atoms. The first-order valence-corrected chi connectivity index (χ1v) is 13.8. The Morgan fingerprint density at radius 2 is 1.61 bits per heavy atom. The van der Waals surface area contributed by atoms with Gasteiger partial charge in [0.15, 0.2) is 0 Å². The number of carbonyl (C=O) groups is 1. The van der Waals surface area contributed by atoms with Crippen LogP contribution in [-0.4, -0.2) is 51.4 Å². The molecule has 214 valence electrons. The summed E-state index contributed by atoms with van der Waals surface area (Å²) in [6, 6.07) is 23.2. The highest BCUT2D eigenvalue weighted by molar-refractivity contribution is 5.91. The fraction of sp³-hybridized carbons (Fsp3) is 0.265. The first-order chi connectivity index (χ1) is 19.9. The summed E-state index contributed by atoms with van der Waals surface area (Å²) in [4.78, 5) is 15.2. The number of hydrogen-bond donors (Lipinski definition) is 2. The van der Waals surface area contributed by atoms with E-state index in [1.807, 2.05) is 79.7 Å². The van der Waals surface area contributed by atoms with Crippen LogP contribution in [0, 0.1) is 0 Å². The minimum atomic E-state index is -0.356. The van der Waals surface area contributed by atoms with Gasteiger partial charge in [-0.15, -0.1) is 0 Å². The summed E-state index contributed by atoms with van der Waals surface area (Å²) in [5.74, 6) is 2.08. The molecule has 7 heteroatoms. The maximum Gasteiger partial charge on any atom is 0.323 e. The van der Waals surface area contributed by atoms with E-state index < -0.39 is 0 Å². The molecule has 41 heavy (non-hydrogen) atoms. The van der Waals surface area contributed by atoms with Crippen LogP contribution < -0.4 is 20.1 Å². The van der Waals surface area contributed by atoms with Gasteiger partial charge in [-0.25, -0.2) is 4.79 Å². The molecular weight excluding hydrogens is 514 g/mol. The molecule has 1 saturated heterocycles. The van der Waals surface area contributed by atoms with Crippen molar-refractivity contribution in [2.24, 2.45) is 0 Å². The van der Waals surface area contributed by atoms with E-state index in [2.05, 4.69) is 41.3 Å². The quantitative estimate of drug-likeness (QED) is 0.207. The van der Waals surface area contributed by atoms with Gasteiger partial charge in [-0.3, -0.25) is 0 Å². The van der Waals surface area contributed by atoms with Gasteiger partial charge in [0.1, 0.15) is 23.4 Å². The summed E-state index contributed by atoms with van der Waals surface area (Å²) in [6.45, 7) is 8.00. The maximum atomic E-state index is 12.8. The SMILES string of the molecule is C=C(OC)/C(=C\C(=C/C)NC(=O)Nc1ccc(-c2ccc(OC3CCN(C)CC3)cc2)cc1)c1cccc(OC)c1. The Balaban J connectivity index is 1.37. The van der Waals surface area contributed by atoms with Gasteiger partial charge >= 0.3 is 6.03 Å². The Morgan fingerprint density at radius 1 is 0.951 bits per heavy atom. The van der Waals surface area contributed by atoms with Crippen molar-refractivity contribution in [2.45, 2.75) is 25.9 Å². The van der Waals surface area contributed by atoms with E-state index in [1.54, 1.807) is 14.2 Å². The third-order valence-corrected chi connectivity index (χ3v) is 7.10. The highest BCUT2D eigenvalue weighted by Crippen LogP contribution is 2.28. The van der Waals surface area contributed by atoms with Gasteiger partial charge in [-0.05, 0) is 86.0 Å². The maximum absolute atomic E-state index is 12.8. The molecule has 0 spiro atoms. The second-order valence-electron chi connectivity index (χ2n) is 9.96. The first kappa shape index (κ1) is 29.5. The van der Waals surface area contributed by atoms with Crippen molar-refractivity contribution in [1.82, 2.24) is 10.2 Å². The topological polar surface area (TPSA) is 72.1 Å². The highest BCUT2D eigenvalue weighted by atomic mass is 16.5. The van der Waals surface area contributed by atoms with Gasteiger partial charge in [-0.2, -0.15) is 0 Å². The largest absolute Gasteiger partial charge is 0.497 e. The Hall–Kier alpha value is -4.49. The number of nitrogens with zero attached hydrogens (tertiary/aromatic N) is 1. The smallest absolute Gasteiger partial charge is 0.323 e. The fourth-order valence-corrected chi connectivity index (χ4v) is 4.63. The minimum absolute atomic E-state index is 0.277. The zero-order valence-corrected chi connectivity index (χ0v) is 24.3. The predicted octanol–water partition coefficient (Wildman–Crippen LogP) is 7.10. The Bertz CT molecular complexity index is 1390. The van der Waals surface area contributed by atoms with Gasteiger partial charge in [0, 0.05) is 30.0 Å². The van der Waals surface area contributed by atoms with Gasteiger partial charge < -0.3 is 29.7 Å². The van der Waals surface area contributed by atoms with Crippen molar-refractivity contribution in [3.8, 4) is 22.6 Å². The van der Waals surface area contributed by atoms with Crippen LogP contribution in [0.3, 0.4) is 0 Å². The zero-order chi connectivity index (χ0) is 29.2. The monoisotopic (exact) mass is 553 g/mol. The molecular formula is C34H39N3O4. The van der Waals surface area contributed by atoms with Crippen molar-refractivity contribution >= 4 is 17.3 Å². The van der Waals surface area contributed by atoms with Crippen LogP contribution in [0.1, 0.15) is 25.3 Å². The summed E-state index contributed by atoms with van der Waals surface area (Å²) < 4.78 is 16.9. The molecule has 0 aliphatic carbocycles. The van der Waals surface area contributed by atoms with Gasteiger partial charge in [0.05, 0.1) is 14.2 Å². The number of nitrogens with one attached hydrogen (secondary N) is 2. The molecule has 0 saturated carbocycles. The predicted molar refractivity (Wildman–Crippen MR) is 166 cm³/mol. The van der Waals surface area contributed by atoms with Crippen molar-refractivity contribution in [3.05, 3.63) is 109 Å². The van der Waals surface area contributed by atoms with E-state index >= 15 is 0 Å². The molecule has 1 fully saturated rings.